The van der Waals surface area contributed by atoms with Crippen molar-refractivity contribution in [3.8, 4) is 0 Å². The summed E-state index contributed by atoms with van der Waals surface area (Å²) in [5.41, 5.74) is 4.26. The first-order valence-electron chi connectivity index (χ1n) is 7.74. The summed E-state index contributed by atoms with van der Waals surface area (Å²) in [4.78, 5) is 14.5. The van der Waals surface area contributed by atoms with E-state index in [1.165, 1.54) is 5.57 Å². The van der Waals surface area contributed by atoms with Crippen LogP contribution in [0.4, 0.5) is 11.4 Å². The molecule has 23 heavy (non-hydrogen) atoms. The van der Waals surface area contributed by atoms with Crippen LogP contribution in [0.25, 0.3) is 5.57 Å². The van der Waals surface area contributed by atoms with Crippen molar-refractivity contribution in [2.45, 2.75) is 12.5 Å². The van der Waals surface area contributed by atoms with E-state index in [1.807, 2.05) is 61.5 Å². The molecular weight excluding hydrogens is 286 g/mol. The third kappa shape index (κ3) is 3.37. The number of carbonyl (C=O) groups excluding carboxylic acids is 1. The second-order valence-corrected chi connectivity index (χ2v) is 5.72. The molecular formula is C19H21N3O. The van der Waals surface area contributed by atoms with Gasteiger partial charge in [0.1, 0.15) is 6.04 Å². The Kier molecular flexibility index (Phi) is 4.33. The first-order valence-corrected chi connectivity index (χ1v) is 7.74. The van der Waals surface area contributed by atoms with E-state index in [0.717, 1.165) is 16.9 Å². The summed E-state index contributed by atoms with van der Waals surface area (Å²) in [5.74, 6) is 0.0248. The van der Waals surface area contributed by atoms with Crippen molar-refractivity contribution in [1.82, 2.24) is 4.90 Å². The average Bonchev–Trinajstić information content (AvgIpc) is 2.98. The van der Waals surface area contributed by atoms with E-state index in [-0.39, 0.29) is 11.9 Å². The molecule has 2 aromatic rings. The second-order valence-electron chi connectivity index (χ2n) is 5.72. The van der Waals surface area contributed by atoms with Gasteiger partial charge in [-0.15, -0.1) is 0 Å². The number of nitrogens with one attached hydrogen (secondary N) is 2. The molecule has 1 atom stereocenters. The number of hydrogen-bond donors (Lipinski definition) is 2. The van der Waals surface area contributed by atoms with Crippen LogP contribution < -0.4 is 10.6 Å². The highest BCUT2D eigenvalue weighted by Gasteiger charge is 2.28. The summed E-state index contributed by atoms with van der Waals surface area (Å²) in [5, 5.41) is 6.09. The fraction of sp³-hybridized carbons (Fsp3) is 0.211. The summed E-state index contributed by atoms with van der Waals surface area (Å²) in [6, 6.07) is 17.7. The van der Waals surface area contributed by atoms with Gasteiger partial charge in [0.25, 0.3) is 0 Å². The van der Waals surface area contributed by atoms with Gasteiger partial charge in [-0.05, 0) is 35.4 Å². The minimum Gasteiger partial charge on any atom is -0.388 e. The molecule has 4 heteroatoms. The van der Waals surface area contributed by atoms with Crippen molar-refractivity contribution in [1.29, 1.82) is 0 Å². The summed E-state index contributed by atoms with van der Waals surface area (Å²) in [6.07, 6.45) is 2.78. The van der Waals surface area contributed by atoms with Crippen LogP contribution in [0.3, 0.4) is 0 Å². The van der Waals surface area contributed by atoms with Crippen LogP contribution in [0.15, 0.2) is 60.8 Å². The number of amides is 1. The van der Waals surface area contributed by atoms with Gasteiger partial charge in [-0.2, -0.15) is 0 Å². The second kappa shape index (κ2) is 6.57. The van der Waals surface area contributed by atoms with Gasteiger partial charge in [0.05, 0.1) is 0 Å². The maximum absolute atomic E-state index is 12.5. The van der Waals surface area contributed by atoms with Crippen LogP contribution in [0.1, 0.15) is 12.0 Å². The Morgan fingerprint density at radius 1 is 1.04 bits per heavy atom. The molecule has 4 nitrogen and oxygen atoms in total. The van der Waals surface area contributed by atoms with Crippen LogP contribution in [0, 0.1) is 0 Å². The fourth-order valence-corrected chi connectivity index (χ4v) is 2.81. The molecule has 1 aliphatic rings. The lowest BCUT2D eigenvalue weighted by Crippen LogP contribution is -2.36. The number of likely N-dealkylation sites (N-methyl/N-ethyl adjacent to an activating group) is 1. The van der Waals surface area contributed by atoms with Crippen LogP contribution in [0.2, 0.25) is 0 Å². The molecule has 0 radical (unpaired) electrons. The minimum absolute atomic E-state index is 0.0248. The third-order valence-corrected chi connectivity index (χ3v) is 4.15. The smallest absolute Gasteiger partial charge is 0.247 e. The van der Waals surface area contributed by atoms with Crippen LogP contribution in [-0.4, -0.2) is 30.9 Å². The normalized spacial score (nSPS) is 16.9. The molecule has 0 fully saturated rings. The Morgan fingerprint density at radius 2 is 1.74 bits per heavy atom. The number of para-hydroxylation sites is 1. The quantitative estimate of drug-likeness (QED) is 0.910. The van der Waals surface area contributed by atoms with Crippen molar-refractivity contribution in [3.63, 3.8) is 0 Å². The van der Waals surface area contributed by atoms with Gasteiger partial charge >= 0.3 is 0 Å². The van der Waals surface area contributed by atoms with Crippen LogP contribution >= 0.6 is 0 Å². The van der Waals surface area contributed by atoms with E-state index < -0.39 is 0 Å². The van der Waals surface area contributed by atoms with E-state index in [1.54, 1.807) is 0 Å². The molecule has 0 spiro atoms. The SMILES string of the molecule is CNc1ccc(C2=CN(C)C(C(=O)Nc3ccccc3)C2)cc1. The predicted molar refractivity (Wildman–Crippen MR) is 95.2 cm³/mol. The fourth-order valence-electron chi connectivity index (χ4n) is 2.81. The minimum atomic E-state index is -0.172. The summed E-state index contributed by atoms with van der Waals surface area (Å²) < 4.78 is 0. The van der Waals surface area contributed by atoms with Crippen molar-refractivity contribution in [2.24, 2.45) is 0 Å². The van der Waals surface area contributed by atoms with Gasteiger partial charge in [-0.25, -0.2) is 0 Å². The predicted octanol–water partition coefficient (Wildman–Crippen LogP) is 3.41. The Hall–Kier alpha value is -2.75. The first kappa shape index (κ1) is 15.2. The van der Waals surface area contributed by atoms with E-state index in [4.69, 9.17) is 0 Å². The average molecular weight is 307 g/mol. The lowest BCUT2D eigenvalue weighted by molar-refractivity contribution is -0.119. The van der Waals surface area contributed by atoms with E-state index in [0.29, 0.717) is 6.42 Å². The van der Waals surface area contributed by atoms with E-state index in [9.17, 15) is 4.79 Å². The maximum Gasteiger partial charge on any atom is 0.247 e. The summed E-state index contributed by atoms with van der Waals surface area (Å²) >= 11 is 0. The zero-order valence-electron chi connectivity index (χ0n) is 13.4. The number of benzene rings is 2. The van der Waals surface area contributed by atoms with E-state index >= 15 is 0 Å². The number of nitrogens with zero attached hydrogens (tertiary/aromatic N) is 1. The van der Waals surface area contributed by atoms with Gasteiger partial charge in [-0.1, -0.05) is 30.3 Å². The lowest BCUT2D eigenvalue weighted by atomic mass is 10.0. The zero-order chi connectivity index (χ0) is 16.2. The zero-order valence-corrected chi connectivity index (χ0v) is 13.4. The first-order chi connectivity index (χ1) is 11.2. The topological polar surface area (TPSA) is 44.4 Å². The van der Waals surface area contributed by atoms with Gasteiger partial charge < -0.3 is 15.5 Å². The molecule has 1 heterocycles. The summed E-state index contributed by atoms with van der Waals surface area (Å²) in [6.45, 7) is 0. The van der Waals surface area contributed by atoms with Gasteiger partial charge in [0, 0.05) is 38.1 Å². The monoisotopic (exact) mass is 307 g/mol. The molecule has 0 aliphatic carbocycles. The number of hydrogen-bond acceptors (Lipinski definition) is 3. The highest BCUT2D eigenvalue weighted by Crippen LogP contribution is 2.30. The van der Waals surface area contributed by atoms with Crippen molar-refractivity contribution < 1.29 is 4.79 Å². The Bertz CT molecular complexity index is 707. The summed E-state index contributed by atoms with van der Waals surface area (Å²) in [7, 11) is 3.85. The molecule has 0 bridgehead atoms. The van der Waals surface area contributed by atoms with Gasteiger partial charge in [0.15, 0.2) is 0 Å². The van der Waals surface area contributed by atoms with Crippen molar-refractivity contribution in [2.75, 3.05) is 24.7 Å². The number of anilines is 2. The number of carbonyl (C=O) groups is 1. The highest BCUT2D eigenvalue weighted by atomic mass is 16.2. The molecule has 3 rings (SSSR count). The van der Waals surface area contributed by atoms with Gasteiger partial charge in [-0.3, -0.25) is 4.79 Å². The van der Waals surface area contributed by atoms with Crippen molar-refractivity contribution in [3.05, 3.63) is 66.4 Å². The highest BCUT2D eigenvalue weighted by molar-refractivity contribution is 5.97. The maximum atomic E-state index is 12.5. The van der Waals surface area contributed by atoms with Crippen LogP contribution in [-0.2, 0) is 4.79 Å². The lowest BCUT2D eigenvalue weighted by Gasteiger charge is -2.19. The largest absolute Gasteiger partial charge is 0.388 e. The third-order valence-electron chi connectivity index (χ3n) is 4.15. The van der Waals surface area contributed by atoms with Crippen LogP contribution in [0.5, 0.6) is 0 Å². The molecule has 0 aromatic heterocycles. The Morgan fingerprint density at radius 3 is 2.39 bits per heavy atom. The molecule has 1 amide bonds. The molecule has 118 valence electrons. The standard InChI is InChI=1S/C19H21N3O/c1-20-16-10-8-14(9-11-16)15-12-18(22(2)13-15)19(23)21-17-6-4-3-5-7-17/h3-11,13,18,20H,12H2,1-2H3,(H,21,23). The Balaban J connectivity index is 1.69. The molecule has 1 unspecified atom stereocenters. The van der Waals surface area contributed by atoms with Gasteiger partial charge in [0.2, 0.25) is 5.91 Å². The molecule has 0 saturated carbocycles. The Labute approximate surface area is 136 Å². The molecule has 0 saturated heterocycles. The van der Waals surface area contributed by atoms with Crippen molar-refractivity contribution >= 4 is 22.9 Å². The molecule has 2 aromatic carbocycles. The molecule has 2 N–H and O–H groups in total. The number of rotatable bonds is 4. The molecule has 1 aliphatic heterocycles. The van der Waals surface area contributed by atoms with E-state index in [2.05, 4.69) is 29.0 Å².